The number of anilines is 1. The topological polar surface area (TPSA) is 84.2 Å². The summed E-state index contributed by atoms with van der Waals surface area (Å²) in [6.45, 7) is 3.46. The number of aromatic amines is 1. The summed E-state index contributed by atoms with van der Waals surface area (Å²) < 4.78 is 5.05. The molecule has 1 aliphatic rings. The number of nitrogens with zero attached hydrogens (tertiary/aromatic N) is 2. The Morgan fingerprint density at radius 2 is 2.38 bits per heavy atom. The molecule has 1 aromatic heterocycles. The minimum Gasteiger partial charge on any atom is -0.489 e. The van der Waals surface area contributed by atoms with E-state index < -0.39 is 0 Å². The maximum absolute atomic E-state index is 11.5. The highest BCUT2D eigenvalue weighted by Crippen LogP contribution is 2.30. The van der Waals surface area contributed by atoms with E-state index in [1.807, 2.05) is 4.90 Å². The zero-order chi connectivity index (χ0) is 11.8. The average molecular weight is 224 g/mol. The van der Waals surface area contributed by atoms with Crippen molar-refractivity contribution in [3.63, 3.8) is 0 Å². The van der Waals surface area contributed by atoms with E-state index in [2.05, 4.69) is 16.9 Å². The van der Waals surface area contributed by atoms with Crippen LogP contribution in [0.25, 0.3) is 0 Å². The molecule has 1 saturated heterocycles. The molecular formula is C10H16N4O2. The van der Waals surface area contributed by atoms with Crippen LogP contribution in [0.15, 0.2) is 11.1 Å². The predicted octanol–water partition coefficient (Wildman–Crippen LogP) is -0.294. The summed E-state index contributed by atoms with van der Waals surface area (Å²) >= 11 is 0. The minimum atomic E-state index is -0.265. The Morgan fingerprint density at radius 1 is 1.69 bits per heavy atom. The minimum absolute atomic E-state index is 0.157. The summed E-state index contributed by atoms with van der Waals surface area (Å²) in [6, 6.07) is 0. The molecule has 0 amide bonds. The van der Waals surface area contributed by atoms with Crippen molar-refractivity contribution in [3.8, 4) is 5.75 Å². The van der Waals surface area contributed by atoms with Crippen molar-refractivity contribution >= 4 is 5.82 Å². The van der Waals surface area contributed by atoms with Crippen LogP contribution in [0, 0.1) is 0 Å². The molecule has 0 saturated carbocycles. The third kappa shape index (κ3) is 1.65. The Kier molecular flexibility index (Phi) is 2.59. The lowest BCUT2D eigenvalue weighted by Crippen LogP contribution is -2.67. The maximum Gasteiger partial charge on any atom is 0.295 e. The standard InChI is InChI=1S/C10H16N4O2/c1-3-10(11)4-14(5-10)8-7(16-2)9(15)13-6-12-8/h6H,3-5,11H2,1-2H3,(H,12,13,15). The van der Waals surface area contributed by atoms with Gasteiger partial charge in [0.25, 0.3) is 5.56 Å². The van der Waals surface area contributed by atoms with Gasteiger partial charge in [-0.15, -0.1) is 0 Å². The van der Waals surface area contributed by atoms with Gasteiger partial charge < -0.3 is 20.4 Å². The first-order valence-electron chi connectivity index (χ1n) is 5.25. The Hall–Kier alpha value is -1.56. The van der Waals surface area contributed by atoms with E-state index in [9.17, 15) is 4.79 Å². The highest BCUT2D eigenvalue weighted by molar-refractivity contribution is 5.54. The molecule has 0 aromatic carbocycles. The Labute approximate surface area is 93.4 Å². The lowest BCUT2D eigenvalue weighted by molar-refractivity contribution is 0.314. The third-order valence-corrected chi connectivity index (χ3v) is 3.01. The number of aromatic nitrogens is 2. The molecule has 0 spiro atoms. The Bertz CT molecular complexity index is 437. The molecule has 1 aliphatic heterocycles. The number of nitrogens with one attached hydrogen (secondary N) is 1. The van der Waals surface area contributed by atoms with Gasteiger partial charge in [0.05, 0.1) is 19.0 Å². The molecule has 0 atom stereocenters. The second-order valence-electron chi connectivity index (χ2n) is 4.16. The number of H-pyrrole nitrogens is 1. The normalized spacial score (nSPS) is 18.1. The lowest BCUT2D eigenvalue weighted by atomic mass is 9.88. The third-order valence-electron chi connectivity index (χ3n) is 3.01. The van der Waals surface area contributed by atoms with Gasteiger partial charge in [-0.3, -0.25) is 4.79 Å². The van der Waals surface area contributed by atoms with Gasteiger partial charge in [0.1, 0.15) is 0 Å². The van der Waals surface area contributed by atoms with Crippen LogP contribution in [0.4, 0.5) is 5.82 Å². The molecule has 3 N–H and O–H groups in total. The van der Waals surface area contributed by atoms with Crippen LogP contribution >= 0.6 is 0 Å². The number of nitrogens with two attached hydrogens (primary N) is 1. The van der Waals surface area contributed by atoms with Crippen LogP contribution in [0.3, 0.4) is 0 Å². The molecule has 6 nitrogen and oxygen atoms in total. The monoisotopic (exact) mass is 224 g/mol. The molecule has 2 heterocycles. The van der Waals surface area contributed by atoms with Crippen LogP contribution in [-0.2, 0) is 0 Å². The summed E-state index contributed by atoms with van der Waals surface area (Å²) in [5.41, 5.74) is 5.64. The summed E-state index contributed by atoms with van der Waals surface area (Å²) in [5.74, 6) is 0.821. The molecule has 2 rings (SSSR count). The average Bonchev–Trinajstić information content (AvgIpc) is 2.24. The highest BCUT2D eigenvalue weighted by Gasteiger charge is 2.39. The van der Waals surface area contributed by atoms with Crippen LogP contribution in [-0.4, -0.2) is 35.7 Å². The van der Waals surface area contributed by atoms with Gasteiger partial charge in [0.2, 0.25) is 5.75 Å². The van der Waals surface area contributed by atoms with Gasteiger partial charge in [-0.05, 0) is 6.42 Å². The fourth-order valence-corrected chi connectivity index (χ4v) is 1.87. The van der Waals surface area contributed by atoms with Crippen LogP contribution < -0.4 is 20.9 Å². The number of methoxy groups -OCH3 is 1. The van der Waals surface area contributed by atoms with Gasteiger partial charge >= 0.3 is 0 Å². The first kappa shape index (κ1) is 10.9. The molecule has 0 radical (unpaired) electrons. The smallest absolute Gasteiger partial charge is 0.295 e. The SMILES string of the molecule is CCC1(N)CN(c2nc[nH]c(=O)c2OC)C1. The summed E-state index contributed by atoms with van der Waals surface area (Å²) in [7, 11) is 1.46. The van der Waals surface area contributed by atoms with E-state index >= 15 is 0 Å². The van der Waals surface area contributed by atoms with Crippen molar-refractivity contribution < 1.29 is 4.74 Å². The van der Waals surface area contributed by atoms with E-state index in [0.29, 0.717) is 18.9 Å². The molecule has 1 fully saturated rings. The van der Waals surface area contributed by atoms with Crippen molar-refractivity contribution in [2.45, 2.75) is 18.9 Å². The zero-order valence-electron chi connectivity index (χ0n) is 9.49. The Balaban J connectivity index is 2.24. The van der Waals surface area contributed by atoms with Crippen LogP contribution in [0.2, 0.25) is 0 Å². The lowest BCUT2D eigenvalue weighted by Gasteiger charge is -2.48. The fraction of sp³-hybridized carbons (Fsp3) is 0.600. The van der Waals surface area contributed by atoms with Crippen molar-refractivity contribution in [1.82, 2.24) is 9.97 Å². The van der Waals surface area contributed by atoms with E-state index in [1.165, 1.54) is 13.4 Å². The zero-order valence-corrected chi connectivity index (χ0v) is 9.49. The van der Waals surface area contributed by atoms with Gasteiger partial charge in [-0.25, -0.2) is 4.98 Å². The molecular weight excluding hydrogens is 208 g/mol. The number of rotatable bonds is 3. The largest absolute Gasteiger partial charge is 0.489 e. The molecule has 16 heavy (non-hydrogen) atoms. The quantitative estimate of drug-likeness (QED) is 0.736. The second kappa shape index (κ2) is 3.79. The van der Waals surface area contributed by atoms with Crippen LogP contribution in [0.5, 0.6) is 5.75 Å². The van der Waals surface area contributed by atoms with Gasteiger partial charge in [-0.2, -0.15) is 0 Å². The first-order valence-corrected chi connectivity index (χ1v) is 5.25. The second-order valence-corrected chi connectivity index (χ2v) is 4.16. The first-order chi connectivity index (χ1) is 7.59. The van der Waals surface area contributed by atoms with E-state index in [0.717, 1.165) is 6.42 Å². The molecule has 0 bridgehead atoms. The summed E-state index contributed by atoms with van der Waals surface area (Å²) in [5, 5.41) is 0. The molecule has 88 valence electrons. The number of ether oxygens (including phenoxy) is 1. The van der Waals surface area contributed by atoms with E-state index in [1.54, 1.807) is 0 Å². The van der Waals surface area contributed by atoms with Gasteiger partial charge in [0.15, 0.2) is 5.82 Å². The number of hydrogen-bond donors (Lipinski definition) is 2. The van der Waals surface area contributed by atoms with Crippen molar-refractivity contribution in [2.24, 2.45) is 5.73 Å². The highest BCUT2D eigenvalue weighted by atomic mass is 16.5. The molecule has 6 heteroatoms. The molecule has 0 aliphatic carbocycles. The maximum atomic E-state index is 11.5. The Morgan fingerprint density at radius 3 is 2.94 bits per heavy atom. The number of hydrogen-bond acceptors (Lipinski definition) is 5. The fourth-order valence-electron chi connectivity index (χ4n) is 1.87. The van der Waals surface area contributed by atoms with Crippen LogP contribution in [0.1, 0.15) is 13.3 Å². The summed E-state index contributed by atoms with van der Waals surface area (Å²) in [4.78, 5) is 20.0. The molecule has 0 unspecified atom stereocenters. The van der Waals surface area contributed by atoms with Gasteiger partial charge in [0, 0.05) is 13.1 Å². The van der Waals surface area contributed by atoms with E-state index in [-0.39, 0.29) is 16.8 Å². The van der Waals surface area contributed by atoms with E-state index in [4.69, 9.17) is 10.5 Å². The van der Waals surface area contributed by atoms with Crippen molar-refractivity contribution in [1.29, 1.82) is 0 Å². The van der Waals surface area contributed by atoms with Gasteiger partial charge in [-0.1, -0.05) is 6.92 Å². The van der Waals surface area contributed by atoms with Crippen molar-refractivity contribution in [2.75, 3.05) is 25.1 Å². The summed E-state index contributed by atoms with van der Waals surface area (Å²) in [6.07, 6.45) is 2.29. The molecule has 1 aromatic rings. The predicted molar refractivity (Wildman–Crippen MR) is 60.8 cm³/mol. The van der Waals surface area contributed by atoms with Crippen molar-refractivity contribution in [3.05, 3.63) is 16.7 Å².